The maximum Gasteiger partial charge on any atom is 0.187 e. The van der Waals surface area contributed by atoms with E-state index in [1.807, 2.05) is 55.6 Å². The van der Waals surface area contributed by atoms with E-state index in [0.717, 1.165) is 38.0 Å². The number of pyridine rings is 1. The highest BCUT2D eigenvalue weighted by atomic mass is 79.9. The minimum atomic E-state index is 0. The van der Waals surface area contributed by atoms with E-state index in [2.05, 4.69) is 36.0 Å². The Labute approximate surface area is 162 Å². The van der Waals surface area contributed by atoms with Gasteiger partial charge in [-0.05, 0) is 43.3 Å². The fourth-order valence-corrected chi connectivity index (χ4v) is 3.50. The Hall–Kier alpha value is -1.70. The number of hydrogen-bond acceptors (Lipinski definition) is 4. The SMILES string of the molecule is Br.Cc1nc2ccccn2c1-c1csc(Nc2ccc(Br)cc2)n1. The van der Waals surface area contributed by atoms with Gasteiger partial charge in [-0.2, -0.15) is 0 Å². The molecule has 0 aliphatic carbocycles. The van der Waals surface area contributed by atoms with E-state index in [4.69, 9.17) is 4.98 Å². The highest BCUT2D eigenvalue weighted by molar-refractivity contribution is 9.10. The third-order valence-corrected chi connectivity index (χ3v) is 4.83. The lowest BCUT2D eigenvalue weighted by molar-refractivity contribution is 1.17. The van der Waals surface area contributed by atoms with Gasteiger partial charge < -0.3 is 5.32 Å². The summed E-state index contributed by atoms with van der Waals surface area (Å²) in [6.45, 7) is 2.02. The molecule has 3 heterocycles. The van der Waals surface area contributed by atoms with Gasteiger partial charge in [0, 0.05) is 21.7 Å². The molecule has 0 radical (unpaired) electrons. The van der Waals surface area contributed by atoms with Gasteiger partial charge in [-0.1, -0.05) is 22.0 Å². The molecule has 7 heteroatoms. The quantitative estimate of drug-likeness (QED) is 0.412. The molecule has 4 aromatic rings. The average Bonchev–Trinajstić information content (AvgIpc) is 3.12. The van der Waals surface area contributed by atoms with Crippen LogP contribution >= 0.6 is 44.2 Å². The van der Waals surface area contributed by atoms with Crippen molar-refractivity contribution in [3.8, 4) is 11.4 Å². The molecule has 122 valence electrons. The first-order valence-electron chi connectivity index (χ1n) is 7.13. The van der Waals surface area contributed by atoms with Crippen molar-refractivity contribution in [1.82, 2.24) is 14.4 Å². The van der Waals surface area contributed by atoms with Gasteiger partial charge in [-0.15, -0.1) is 28.3 Å². The number of aromatic nitrogens is 3. The molecule has 0 amide bonds. The molecule has 3 aromatic heterocycles. The number of aryl methyl sites for hydroxylation is 1. The van der Waals surface area contributed by atoms with Crippen LogP contribution in [0.15, 0.2) is 58.5 Å². The van der Waals surface area contributed by atoms with E-state index in [1.165, 1.54) is 0 Å². The molecule has 0 bridgehead atoms. The van der Waals surface area contributed by atoms with Crippen molar-refractivity contribution >= 4 is 60.7 Å². The largest absolute Gasteiger partial charge is 0.332 e. The van der Waals surface area contributed by atoms with Crippen molar-refractivity contribution in [2.75, 3.05) is 5.32 Å². The molecule has 0 fully saturated rings. The average molecular weight is 466 g/mol. The first-order valence-corrected chi connectivity index (χ1v) is 8.80. The Kier molecular flexibility index (Phi) is 5.03. The molecule has 0 atom stereocenters. The second-order valence-electron chi connectivity index (χ2n) is 5.14. The monoisotopic (exact) mass is 464 g/mol. The zero-order valence-corrected chi connectivity index (χ0v) is 16.8. The Balaban J connectivity index is 0.00000169. The van der Waals surface area contributed by atoms with Crippen LogP contribution in [0.4, 0.5) is 10.8 Å². The van der Waals surface area contributed by atoms with Crippen molar-refractivity contribution in [2.45, 2.75) is 6.92 Å². The first-order chi connectivity index (χ1) is 11.2. The number of halogens is 2. The number of fused-ring (bicyclic) bond motifs is 1. The van der Waals surface area contributed by atoms with E-state index >= 15 is 0 Å². The summed E-state index contributed by atoms with van der Waals surface area (Å²) in [7, 11) is 0. The third kappa shape index (κ3) is 3.24. The molecule has 0 spiro atoms. The molecule has 1 aromatic carbocycles. The van der Waals surface area contributed by atoms with Gasteiger partial charge in [0.1, 0.15) is 11.3 Å². The Morgan fingerprint density at radius 2 is 1.88 bits per heavy atom. The van der Waals surface area contributed by atoms with Gasteiger partial charge in [-0.25, -0.2) is 9.97 Å². The Morgan fingerprint density at radius 1 is 1.08 bits per heavy atom. The van der Waals surface area contributed by atoms with Crippen molar-refractivity contribution < 1.29 is 0 Å². The number of benzene rings is 1. The summed E-state index contributed by atoms with van der Waals surface area (Å²) in [6.07, 6.45) is 2.02. The lowest BCUT2D eigenvalue weighted by Crippen LogP contribution is -1.91. The van der Waals surface area contributed by atoms with Crippen LogP contribution in [0.25, 0.3) is 17.0 Å². The van der Waals surface area contributed by atoms with E-state index in [1.54, 1.807) is 11.3 Å². The van der Waals surface area contributed by atoms with Crippen molar-refractivity contribution in [3.63, 3.8) is 0 Å². The third-order valence-electron chi connectivity index (χ3n) is 3.55. The van der Waals surface area contributed by atoms with Crippen LogP contribution in [0.5, 0.6) is 0 Å². The normalized spacial score (nSPS) is 10.6. The zero-order valence-electron chi connectivity index (χ0n) is 12.7. The zero-order chi connectivity index (χ0) is 15.8. The maximum atomic E-state index is 4.72. The van der Waals surface area contributed by atoms with Gasteiger partial charge in [0.25, 0.3) is 0 Å². The van der Waals surface area contributed by atoms with Crippen LogP contribution in [0.1, 0.15) is 5.69 Å². The van der Waals surface area contributed by atoms with E-state index in [0.29, 0.717) is 0 Å². The number of imidazole rings is 1. The molecule has 0 saturated carbocycles. The van der Waals surface area contributed by atoms with Gasteiger partial charge in [-0.3, -0.25) is 4.40 Å². The second kappa shape index (κ2) is 7.04. The minimum Gasteiger partial charge on any atom is -0.332 e. The van der Waals surface area contributed by atoms with E-state index in [9.17, 15) is 0 Å². The summed E-state index contributed by atoms with van der Waals surface area (Å²) in [5.74, 6) is 0. The van der Waals surface area contributed by atoms with Gasteiger partial charge in [0.05, 0.1) is 11.4 Å². The highest BCUT2D eigenvalue weighted by Crippen LogP contribution is 2.30. The molecule has 0 aliphatic rings. The van der Waals surface area contributed by atoms with Gasteiger partial charge in [0.2, 0.25) is 0 Å². The van der Waals surface area contributed by atoms with Crippen molar-refractivity contribution in [3.05, 3.63) is 64.2 Å². The number of rotatable bonds is 3. The van der Waals surface area contributed by atoms with Crippen LogP contribution in [0.2, 0.25) is 0 Å². The van der Waals surface area contributed by atoms with Crippen LogP contribution < -0.4 is 5.32 Å². The van der Waals surface area contributed by atoms with E-state index < -0.39 is 0 Å². The lowest BCUT2D eigenvalue weighted by Gasteiger charge is -2.02. The summed E-state index contributed by atoms with van der Waals surface area (Å²) in [5, 5.41) is 6.27. The summed E-state index contributed by atoms with van der Waals surface area (Å²) in [5.41, 5.74) is 4.92. The fourth-order valence-electron chi connectivity index (χ4n) is 2.52. The predicted octanol–water partition coefficient (Wildman–Crippen LogP) is 5.85. The Bertz CT molecular complexity index is 976. The molecule has 4 nitrogen and oxygen atoms in total. The smallest absolute Gasteiger partial charge is 0.187 e. The van der Waals surface area contributed by atoms with Crippen LogP contribution in [0.3, 0.4) is 0 Å². The number of hydrogen-bond donors (Lipinski definition) is 1. The number of anilines is 2. The number of nitrogens with zero attached hydrogens (tertiary/aromatic N) is 3. The van der Waals surface area contributed by atoms with Gasteiger partial charge >= 0.3 is 0 Å². The first kappa shape index (κ1) is 17.1. The molecule has 1 N–H and O–H groups in total. The maximum absolute atomic E-state index is 4.72. The Morgan fingerprint density at radius 3 is 2.67 bits per heavy atom. The molecule has 0 saturated heterocycles. The molecule has 24 heavy (non-hydrogen) atoms. The van der Waals surface area contributed by atoms with Crippen LogP contribution in [-0.2, 0) is 0 Å². The predicted molar refractivity (Wildman–Crippen MR) is 109 cm³/mol. The van der Waals surface area contributed by atoms with Gasteiger partial charge in [0.15, 0.2) is 5.13 Å². The standard InChI is InChI=1S/C17H13BrN4S.BrH/c1-11-16(22-9-3-2-4-15(22)19-11)14-10-23-17(21-14)20-13-7-5-12(18)6-8-13;/h2-10H,1H3,(H,20,21);1H. The topological polar surface area (TPSA) is 42.2 Å². The summed E-state index contributed by atoms with van der Waals surface area (Å²) in [4.78, 5) is 9.31. The molecular formula is C17H14Br2N4S. The summed E-state index contributed by atoms with van der Waals surface area (Å²) < 4.78 is 3.14. The van der Waals surface area contributed by atoms with Crippen LogP contribution in [0, 0.1) is 6.92 Å². The molecular weight excluding hydrogens is 452 g/mol. The summed E-state index contributed by atoms with van der Waals surface area (Å²) in [6, 6.07) is 14.0. The molecule has 4 rings (SSSR count). The van der Waals surface area contributed by atoms with Crippen molar-refractivity contribution in [2.24, 2.45) is 0 Å². The fraction of sp³-hybridized carbons (Fsp3) is 0.0588. The van der Waals surface area contributed by atoms with Crippen molar-refractivity contribution in [1.29, 1.82) is 0 Å². The van der Waals surface area contributed by atoms with Crippen LogP contribution in [-0.4, -0.2) is 14.4 Å². The van der Waals surface area contributed by atoms with E-state index in [-0.39, 0.29) is 17.0 Å². The molecule has 0 aliphatic heterocycles. The number of nitrogens with one attached hydrogen (secondary N) is 1. The summed E-state index contributed by atoms with van der Waals surface area (Å²) >= 11 is 5.03. The number of thiazole rings is 1. The highest BCUT2D eigenvalue weighted by Gasteiger charge is 2.13. The lowest BCUT2D eigenvalue weighted by atomic mass is 10.3. The minimum absolute atomic E-state index is 0. The second-order valence-corrected chi connectivity index (χ2v) is 6.92. The molecule has 0 unspecified atom stereocenters.